The van der Waals surface area contributed by atoms with Crippen LogP contribution in [0.3, 0.4) is 0 Å². The second-order valence-corrected chi connectivity index (χ2v) is 8.42. The number of benzene rings is 2. The third-order valence-corrected chi connectivity index (χ3v) is 5.46. The Morgan fingerprint density at radius 3 is 2.45 bits per heavy atom. The molecule has 1 aliphatic heterocycles. The van der Waals surface area contributed by atoms with E-state index >= 15 is 0 Å². The van der Waals surface area contributed by atoms with Gasteiger partial charge in [0.05, 0.1) is 19.8 Å². The van der Waals surface area contributed by atoms with Crippen molar-refractivity contribution < 1.29 is 9.53 Å². The number of aliphatic imine (C=N–C) groups is 1. The quantitative estimate of drug-likeness (QED) is 0.242. The van der Waals surface area contributed by atoms with E-state index in [0.29, 0.717) is 38.6 Å². The van der Waals surface area contributed by atoms with Crippen molar-refractivity contribution in [3.63, 3.8) is 0 Å². The van der Waals surface area contributed by atoms with Crippen molar-refractivity contribution in [1.29, 1.82) is 0 Å². The molecule has 1 amide bonds. The van der Waals surface area contributed by atoms with Gasteiger partial charge in [-0.3, -0.25) is 4.79 Å². The van der Waals surface area contributed by atoms with Crippen molar-refractivity contribution in [3.05, 3.63) is 71.3 Å². The number of rotatable bonds is 11. The zero-order chi connectivity index (χ0) is 22.6. The van der Waals surface area contributed by atoms with Crippen molar-refractivity contribution in [2.24, 2.45) is 10.9 Å². The molecular formula is C26H37IN4O2. The Kier molecular flexibility index (Phi) is 12.2. The number of amides is 1. The Balaban J connectivity index is 0.00000385. The van der Waals surface area contributed by atoms with Gasteiger partial charge in [0.15, 0.2) is 5.96 Å². The summed E-state index contributed by atoms with van der Waals surface area (Å²) in [4.78, 5) is 18.5. The number of ether oxygens (including phenoxy) is 1. The molecule has 1 heterocycles. The van der Waals surface area contributed by atoms with E-state index in [1.807, 2.05) is 23.1 Å². The van der Waals surface area contributed by atoms with Gasteiger partial charge in [0.1, 0.15) is 0 Å². The normalized spacial score (nSPS) is 14.7. The van der Waals surface area contributed by atoms with Crippen molar-refractivity contribution in [1.82, 2.24) is 15.5 Å². The second-order valence-electron chi connectivity index (χ2n) is 8.42. The monoisotopic (exact) mass is 564 g/mol. The van der Waals surface area contributed by atoms with Crippen LogP contribution in [0, 0.1) is 5.92 Å². The summed E-state index contributed by atoms with van der Waals surface area (Å²) in [6, 6.07) is 18.6. The fourth-order valence-electron chi connectivity index (χ4n) is 3.64. The van der Waals surface area contributed by atoms with Crippen molar-refractivity contribution >= 4 is 35.8 Å². The van der Waals surface area contributed by atoms with Crippen molar-refractivity contribution in [2.45, 2.75) is 46.4 Å². The van der Waals surface area contributed by atoms with E-state index in [0.717, 1.165) is 37.6 Å². The van der Waals surface area contributed by atoms with E-state index in [1.165, 1.54) is 11.1 Å². The molecule has 33 heavy (non-hydrogen) atoms. The number of hydrogen-bond donors (Lipinski definition) is 2. The van der Waals surface area contributed by atoms with E-state index in [9.17, 15) is 4.79 Å². The van der Waals surface area contributed by atoms with Gasteiger partial charge in [0.25, 0.3) is 0 Å². The predicted molar refractivity (Wildman–Crippen MR) is 145 cm³/mol. The van der Waals surface area contributed by atoms with Gasteiger partial charge in [-0.1, -0.05) is 61.5 Å². The molecule has 6 nitrogen and oxygen atoms in total. The minimum absolute atomic E-state index is 0. The number of likely N-dealkylation sites (tertiary alicyclic amines) is 1. The van der Waals surface area contributed by atoms with E-state index in [1.54, 1.807) is 0 Å². The maximum absolute atomic E-state index is 11.8. The van der Waals surface area contributed by atoms with Crippen LogP contribution >= 0.6 is 24.0 Å². The molecule has 2 aromatic rings. The molecule has 2 N–H and O–H groups in total. The lowest BCUT2D eigenvalue weighted by Crippen LogP contribution is -2.40. The smallest absolute Gasteiger partial charge is 0.222 e. The average molecular weight is 565 g/mol. The number of carbonyl (C=O) groups excluding carboxylic acids is 1. The highest BCUT2D eigenvalue weighted by molar-refractivity contribution is 14.0. The topological polar surface area (TPSA) is 66.0 Å². The third-order valence-electron chi connectivity index (χ3n) is 5.46. The molecule has 7 heteroatoms. The minimum Gasteiger partial charge on any atom is -0.376 e. The maximum atomic E-state index is 11.8. The van der Waals surface area contributed by atoms with Gasteiger partial charge < -0.3 is 20.3 Å². The predicted octanol–water partition coefficient (Wildman–Crippen LogP) is 4.34. The van der Waals surface area contributed by atoms with Crippen LogP contribution in [0.25, 0.3) is 0 Å². The second kappa shape index (κ2) is 14.9. The lowest BCUT2D eigenvalue weighted by molar-refractivity contribution is -0.128. The van der Waals surface area contributed by atoms with Gasteiger partial charge in [-0.05, 0) is 36.0 Å². The standard InChI is InChI=1S/C26H36N4O2.HI/c1-3-27-26(28-16-21(2)19-32-20-24-8-5-4-6-9-24)29-17-22-11-13-23(14-12-22)18-30-15-7-10-25(30)31;/h4-6,8-9,11-14,21H,3,7,10,15-20H2,1-2H3,(H2,27,28,29);1H. The summed E-state index contributed by atoms with van der Waals surface area (Å²) in [5.41, 5.74) is 3.51. The average Bonchev–Trinajstić information content (AvgIpc) is 3.21. The zero-order valence-corrected chi connectivity index (χ0v) is 22.1. The summed E-state index contributed by atoms with van der Waals surface area (Å²) in [6.45, 7) is 9.37. The molecule has 0 saturated carbocycles. The molecule has 1 atom stereocenters. The highest BCUT2D eigenvalue weighted by Gasteiger charge is 2.19. The van der Waals surface area contributed by atoms with E-state index in [4.69, 9.17) is 9.73 Å². The first-order valence-corrected chi connectivity index (χ1v) is 11.6. The molecule has 3 rings (SSSR count). The van der Waals surface area contributed by atoms with Crippen LogP contribution in [-0.4, -0.2) is 43.0 Å². The zero-order valence-electron chi connectivity index (χ0n) is 19.8. The number of hydrogen-bond acceptors (Lipinski definition) is 3. The number of nitrogens with zero attached hydrogens (tertiary/aromatic N) is 2. The molecule has 0 aromatic heterocycles. The molecule has 0 spiro atoms. The highest BCUT2D eigenvalue weighted by atomic mass is 127. The Hall–Kier alpha value is -2.13. The lowest BCUT2D eigenvalue weighted by atomic mass is 10.1. The summed E-state index contributed by atoms with van der Waals surface area (Å²) >= 11 is 0. The van der Waals surface area contributed by atoms with Crippen LogP contribution in [0.1, 0.15) is 43.4 Å². The van der Waals surface area contributed by atoms with Crippen LogP contribution in [0.15, 0.2) is 59.6 Å². The Morgan fingerprint density at radius 2 is 1.79 bits per heavy atom. The summed E-state index contributed by atoms with van der Waals surface area (Å²) in [5.74, 6) is 1.45. The SMILES string of the molecule is CCNC(=NCc1ccc(CN2CCCC2=O)cc1)NCC(C)COCc1ccccc1.I. The fourth-order valence-corrected chi connectivity index (χ4v) is 3.64. The Morgan fingerprint density at radius 1 is 1.06 bits per heavy atom. The number of halogens is 1. The molecule has 0 radical (unpaired) electrons. The number of guanidine groups is 1. The van der Waals surface area contributed by atoms with Gasteiger partial charge in [-0.25, -0.2) is 4.99 Å². The molecule has 0 bridgehead atoms. The van der Waals surface area contributed by atoms with Gasteiger partial charge in [0, 0.05) is 32.6 Å². The first-order chi connectivity index (χ1) is 15.6. The van der Waals surface area contributed by atoms with Crippen LogP contribution in [0.2, 0.25) is 0 Å². The summed E-state index contributed by atoms with van der Waals surface area (Å²) in [5, 5.41) is 6.73. The van der Waals surface area contributed by atoms with Crippen molar-refractivity contribution in [2.75, 3.05) is 26.2 Å². The van der Waals surface area contributed by atoms with Gasteiger partial charge in [-0.2, -0.15) is 0 Å². The molecule has 1 saturated heterocycles. The first-order valence-electron chi connectivity index (χ1n) is 11.6. The molecular weight excluding hydrogens is 527 g/mol. The summed E-state index contributed by atoms with van der Waals surface area (Å²) in [7, 11) is 0. The highest BCUT2D eigenvalue weighted by Crippen LogP contribution is 2.15. The summed E-state index contributed by atoms with van der Waals surface area (Å²) in [6.07, 6.45) is 1.66. The number of carbonyl (C=O) groups is 1. The van der Waals surface area contributed by atoms with Gasteiger partial charge in [0.2, 0.25) is 5.91 Å². The molecule has 1 fully saturated rings. The van der Waals surface area contributed by atoms with E-state index < -0.39 is 0 Å². The molecule has 0 aliphatic carbocycles. The number of nitrogens with one attached hydrogen (secondary N) is 2. The van der Waals surface area contributed by atoms with Crippen LogP contribution in [0.5, 0.6) is 0 Å². The van der Waals surface area contributed by atoms with E-state index in [2.05, 4.69) is 60.9 Å². The molecule has 1 unspecified atom stereocenters. The van der Waals surface area contributed by atoms with E-state index in [-0.39, 0.29) is 29.9 Å². The third kappa shape index (κ3) is 9.71. The first kappa shape index (κ1) is 27.1. The van der Waals surface area contributed by atoms with Crippen LogP contribution in [0.4, 0.5) is 0 Å². The maximum Gasteiger partial charge on any atom is 0.222 e. The van der Waals surface area contributed by atoms with Crippen molar-refractivity contribution in [3.8, 4) is 0 Å². The molecule has 180 valence electrons. The minimum atomic E-state index is 0. The fraction of sp³-hybridized carbons (Fsp3) is 0.462. The lowest BCUT2D eigenvalue weighted by Gasteiger charge is -2.16. The van der Waals surface area contributed by atoms with Gasteiger partial charge in [-0.15, -0.1) is 24.0 Å². The Labute approximate surface area is 215 Å². The Bertz CT molecular complexity index is 858. The molecule has 2 aromatic carbocycles. The molecule has 1 aliphatic rings. The summed E-state index contributed by atoms with van der Waals surface area (Å²) < 4.78 is 5.84. The van der Waals surface area contributed by atoms with Crippen LogP contribution < -0.4 is 10.6 Å². The van der Waals surface area contributed by atoms with Gasteiger partial charge >= 0.3 is 0 Å². The van der Waals surface area contributed by atoms with Crippen LogP contribution in [-0.2, 0) is 29.2 Å². The largest absolute Gasteiger partial charge is 0.376 e.